The highest BCUT2D eigenvalue weighted by Crippen LogP contribution is 2.24. The van der Waals surface area contributed by atoms with Crippen LogP contribution < -0.4 is 0 Å². The second-order valence-electron chi connectivity index (χ2n) is 5.44. The standard InChI is InChI=1S/C12H26N2O3S/c1-11-8-12(2)10-14(9-11)18(15,16)13(3)6-5-7-17-4/h11-12H,5-10H2,1-4H3. The van der Waals surface area contributed by atoms with Gasteiger partial charge in [0.25, 0.3) is 10.2 Å². The summed E-state index contributed by atoms with van der Waals surface area (Å²) in [5, 5.41) is 0. The van der Waals surface area contributed by atoms with Gasteiger partial charge < -0.3 is 4.74 Å². The molecule has 0 N–H and O–H groups in total. The molecule has 108 valence electrons. The molecule has 18 heavy (non-hydrogen) atoms. The maximum atomic E-state index is 12.4. The first-order chi connectivity index (χ1) is 8.37. The highest BCUT2D eigenvalue weighted by atomic mass is 32.2. The normalized spacial score (nSPS) is 26.7. The van der Waals surface area contributed by atoms with Crippen molar-refractivity contribution in [3.63, 3.8) is 0 Å². The zero-order valence-electron chi connectivity index (χ0n) is 11.9. The molecule has 0 aromatic rings. The lowest BCUT2D eigenvalue weighted by Gasteiger charge is -2.36. The number of hydrogen-bond acceptors (Lipinski definition) is 3. The molecule has 5 nitrogen and oxygen atoms in total. The summed E-state index contributed by atoms with van der Waals surface area (Å²) in [6.45, 7) is 6.61. The van der Waals surface area contributed by atoms with E-state index in [2.05, 4.69) is 13.8 Å². The molecular formula is C12H26N2O3S. The van der Waals surface area contributed by atoms with E-state index >= 15 is 0 Å². The van der Waals surface area contributed by atoms with Crippen LogP contribution in [-0.2, 0) is 14.9 Å². The van der Waals surface area contributed by atoms with Gasteiger partial charge in [0, 0.05) is 40.4 Å². The fourth-order valence-corrected chi connectivity index (χ4v) is 4.18. The average Bonchev–Trinajstić information content (AvgIpc) is 2.27. The molecule has 0 aromatic heterocycles. The van der Waals surface area contributed by atoms with Gasteiger partial charge in [-0.25, -0.2) is 0 Å². The van der Waals surface area contributed by atoms with Crippen LogP contribution >= 0.6 is 0 Å². The molecule has 0 aromatic carbocycles. The van der Waals surface area contributed by atoms with E-state index in [1.54, 1.807) is 18.5 Å². The number of nitrogens with zero attached hydrogens (tertiary/aromatic N) is 2. The molecule has 0 aliphatic carbocycles. The van der Waals surface area contributed by atoms with Crippen molar-refractivity contribution in [2.45, 2.75) is 26.7 Å². The Hall–Kier alpha value is -0.170. The van der Waals surface area contributed by atoms with Crippen molar-refractivity contribution in [1.29, 1.82) is 0 Å². The van der Waals surface area contributed by atoms with Crippen molar-refractivity contribution in [3.05, 3.63) is 0 Å². The van der Waals surface area contributed by atoms with Gasteiger partial charge in [-0.15, -0.1) is 0 Å². The first kappa shape index (κ1) is 15.9. The minimum absolute atomic E-state index is 0.441. The molecule has 0 radical (unpaired) electrons. The lowest BCUT2D eigenvalue weighted by atomic mass is 9.94. The van der Waals surface area contributed by atoms with Crippen molar-refractivity contribution in [1.82, 2.24) is 8.61 Å². The van der Waals surface area contributed by atoms with Crippen LogP contribution in [0.2, 0.25) is 0 Å². The van der Waals surface area contributed by atoms with E-state index < -0.39 is 10.2 Å². The van der Waals surface area contributed by atoms with Crippen LogP contribution in [0.3, 0.4) is 0 Å². The van der Waals surface area contributed by atoms with Crippen molar-refractivity contribution in [2.24, 2.45) is 11.8 Å². The van der Waals surface area contributed by atoms with E-state index in [-0.39, 0.29) is 0 Å². The smallest absolute Gasteiger partial charge is 0.281 e. The van der Waals surface area contributed by atoms with Gasteiger partial charge in [0.1, 0.15) is 0 Å². The van der Waals surface area contributed by atoms with Crippen LogP contribution in [0.1, 0.15) is 26.7 Å². The molecule has 1 saturated heterocycles. The number of hydrogen-bond donors (Lipinski definition) is 0. The lowest BCUT2D eigenvalue weighted by molar-refractivity contribution is 0.184. The topological polar surface area (TPSA) is 49.9 Å². The molecule has 6 heteroatoms. The van der Waals surface area contributed by atoms with Crippen LogP contribution in [-0.4, -0.2) is 57.4 Å². The maximum absolute atomic E-state index is 12.4. The van der Waals surface area contributed by atoms with E-state index in [1.165, 1.54) is 4.31 Å². The van der Waals surface area contributed by atoms with Crippen LogP contribution in [0.4, 0.5) is 0 Å². The second kappa shape index (κ2) is 6.84. The Morgan fingerprint density at radius 1 is 1.28 bits per heavy atom. The minimum atomic E-state index is -3.30. The van der Waals surface area contributed by atoms with Crippen molar-refractivity contribution in [2.75, 3.05) is 40.4 Å². The van der Waals surface area contributed by atoms with Crippen LogP contribution in [0, 0.1) is 11.8 Å². The Morgan fingerprint density at radius 3 is 2.33 bits per heavy atom. The summed E-state index contributed by atoms with van der Waals surface area (Å²) < 4.78 is 32.8. The van der Waals surface area contributed by atoms with Gasteiger partial charge in [-0.05, 0) is 24.7 Å². The molecule has 0 amide bonds. The molecule has 1 heterocycles. The largest absolute Gasteiger partial charge is 0.385 e. The molecular weight excluding hydrogens is 252 g/mol. The van der Waals surface area contributed by atoms with E-state index in [0.29, 0.717) is 38.1 Å². The van der Waals surface area contributed by atoms with Crippen molar-refractivity contribution < 1.29 is 13.2 Å². The number of ether oxygens (including phenoxy) is 1. The summed E-state index contributed by atoms with van der Waals surface area (Å²) in [5.41, 5.74) is 0. The molecule has 2 unspecified atom stereocenters. The van der Waals surface area contributed by atoms with E-state index in [9.17, 15) is 8.42 Å². The third-order valence-electron chi connectivity index (χ3n) is 3.38. The first-order valence-electron chi connectivity index (χ1n) is 6.58. The Bertz CT molecular complexity index is 335. The molecule has 1 fully saturated rings. The Kier molecular flexibility index (Phi) is 6.04. The monoisotopic (exact) mass is 278 g/mol. The zero-order valence-corrected chi connectivity index (χ0v) is 12.7. The number of piperidine rings is 1. The van der Waals surface area contributed by atoms with Gasteiger partial charge in [0.2, 0.25) is 0 Å². The summed E-state index contributed by atoms with van der Waals surface area (Å²) in [4.78, 5) is 0. The lowest BCUT2D eigenvalue weighted by Crippen LogP contribution is -2.48. The number of methoxy groups -OCH3 is 1. The summed E-state index contributed by atoms with van der Waals surface area (Å²) >= 11 is 0. The highest BCUT2D eigenvalue weighted by molar-refractivity contribution is 7.86. The van der Waals surface area contributed by atoms with E-state index in [4.69, 9.17) is 4.74 Å². The van der Waals surface area contributed by atoms with E-state index in [0.717, 1.165) is 12.8 Å². The number of rotatable bonds is 6. The highest BCUT2D eigenvalue weighted by Gasteiger charge is 2.32. The molecule has 0 spiro atoms. The van der Waals surface area contributed by atoms with Gasteiger partial charge in [-0.2, -0.15) is 17.0 Å². The predicted octanol–water partition coefficient (Wildman–Crippen LogP) is 1.18. The summed E-state index contributed by atoms with van der Waals surface area (Å²) in [7, 11) is -0.0220. The van der Waals surface area contributed by atoms with Gasteiger partial charge in [0.05, 0.1) is 0 Å². The first-order valence-corrected chi connectivity index (χ1v) is 7.98. The van der Waals surface area contributed by atoms with Crippen LogP contribution in [0.15, 0.2) is 0 Å². The van der Waals surface area contributed by atoms with Crippen LogP contribution in [0.25, 0.3) is 0 Å². The summed E-state index contributed by atoms with van der Waals surface area (Å²) in [6.07, 6.45) is 1.84. The summed E-state index contributed by atoms with van der Waals surface area (Å²) in [6, 6.07) is 0. The maximum Gasteiger partial charge on any atom is 0.281 e. The minimum Gasteiger partial charge on any atom is -0.385 e. The SMILES string of the molecule is COCCCN(C)S(=O)(=O)N1CC(C)CC(C)C1. The molecule has 1 rings (SSSR count). The third kappa shape index (κ3) is 4.19. The van der Waals surface area contributed by atoms with Gasteiger partial charge in [-0.1, -0.05) is 13.8 Å². The van der Waals surface area contributed by atoms with Gasteiger partial charge in [-0.3, -0.25) is 0 Å². The fraction of sp³-hybridized carbons (Fsp3) is 1.00. The third-order valence-corrected chi connectivity index (χ3v) is 5.30. The van der Waals surface area contributed by atoms with Crippen LogP contribution in [0.5, 0.6) is 0 Å². The zero-order chi connectivity index (χ0) is 13.8. The molecule has 1 aliphatic rings. The molecule has 0 bridgehead atoms. The second-order valence-corrected chi connectivity index (χ2v) is 7.47. The molecule has 0 saturated carbocycles. The van der Waals surface area contributed by atoms with Gasteiger partial charge >= 0.3 is 0 Å². The molecule has 1 aliphatic heterocycles. The van der Waals surface area contributed by atoms with Crippen molar-refractivity contribution >= 4 is 10.2 Å². The fourth-order valence-electron chi connectivity index (χ4n) is 2.54. The van der Waals surface area contributed by atoms with Crippen molar-refractivity contribution in [3.8, 4) is 0 Å². The van der Waals surface area contributed by atoms with Gasteiger partial charge in [0.15, 0.2) is 0 Å². The quantitative estimate of drug-likeness (QED) is 0.686. The Balaban J connectivity index is 2.61. The predicted molar refractivity (Wildman–Crippen MR) is 72.6 cm³/mol. The average molecular weight is 278 g/mol. The Labute approximate surface area is 111 Å². The molecule has 2 atom stereocenters. The Morgan fingerprint density at radius 2 is 1.83 bits per heavy atom. The summed E-state index contributed by atoms with van der Waals surface area (Å²) in [5.74, 6) is 0.881. The van der Waals surface area contributed by atoms with E-state index in [1.807, 2.05) is 0 Å².